The molecule has 2 aliphatic rings. The third kappa shape index (κ3) is 11.0. The maximum Gasteiger partial charge on any atom is 0.315 e. The van der Waals surface area contributed by atoms with Gasteiger partial charge in [0.1, 0.15) is 12.1 Å². The molecule has 5 N–H and O–H groups in total. The molecule has 0 radical (unpaired) electrons. The van der Waals surface area contributed by atoms with Crippen LogP contribution in [0.15, 0.2) is 12.7 Å². The maximum absolute atomic E-state index is 14.0. The number of nitrogens with zero attached hydrogens (tertiary/aromatic N) is 2. The van der Waals surface area contributed by atoms with E-state index in [1.54, 1.807) is 20.8 Å². The molecule has 2 aliphatic heterocycles. The van der Waals surface area contributed by atoms with E-state index in [0.29, 0.717) is 38.8 Å². The van der Waals surface area contributed by atoms with Crippen LogP contribution in [0.25, 0.3) is 0 Å². The summed E-state index contributed by atoms with van der Waals surface area (Å²) in [5.74, 6) is -2.55. The van der Waals surface area contributed by atoms with Crippen molar-refractivity contribution in [1.29, 1.82) is 0 Å². The molecule has 0 bridgehead atoms. The third-order valence-electron chi connectivity index (χ3n) is 8.28. The maximum atomic E-state index is 14.0. The summed E-state index contributed by atoms with van der Waals surface area (Å²) >= 11 is 0. The number of hydrogen-bond donors (Lipinski definition) is 5. The molecule has 2 fully saturated rings. The largest absolute Gasteiger partial charge is 0.346 e. The van der Waals surface area contributed by atoms with Crippen molar-refractivity contribution in [2.75, 3.05) is 32.7 Å². The van der Waals surface area contributed by atoms with Gasteiger partial charge in [-0.3, -0.25) is 19.2 Å². The van der Waals surface area contributed by atoms with E-state index in [-0.39, 0.29) is 26.1 Å². The summed E-state index contributed by atoms with van der Waals surface area (Å²) in [6, 6.07) is -4.15. The van der Waals surface area contributed by atoms with Crippen molar-refractivity contribution < 1.29 is 32.4 Å². The Labute approximate surface area is 274 Å². The summed E-state index contributed by atoms with van der Waals surface area (Å²) < 4.78 is 28.9. The van der Waals surface area contributed by atoms with Gasteiger partial charge in [-0.25, -0.2) is 9.52 Å². The Balaban J connectivity index is 2.21. The first-order valence-electron chi connectivity index (χ1n) is 16.2. The molecule has 0 aromatic heterocycles. The first kappa shape index (κ1) is 39.1. The lowest BCUT2D eigenvalue weighted by Gasteiger charge is -2.38. The Morgan fingerprint density at radius 3 is 2.22 bits per heavy atom. The van der Waals surface area contributed by atoms with Crippen LogP contribution in [0.4, 0.5) is 4.79 Å². The van der Waals surface area contributed by atoms with Gasteiger partial charge in [-0.05, 0) is 36.5 Å². The fourth-order valence-electron chi connectivity index (χ4n) is 5.40. The van der Waals surface area contributed by atoms with Crippen LogP contribution in [0.1, 0.15) is 87.0 Å². The van der Waals surface area contributed by atoms with E-state index in [1.807, 2.05) is 27.7 Å². The zero-order valence-electron chi connectivity index (χ0n) is 28.5. The van der Waals surface area contributed by atoms with Gasteiger partial charge in [-0.1, -0.05) is 67.4 Å². The molecule has 262 valence electrons. The van der Waals surface area contributed by atoms with Crippen molar-refractivity contribution in [3.63, 3.8) is 0 Å². The molecule has 2 heterocycles. The molecule has 0 aliphatic carbocycles. The van der Waals surface area contributed by atoms with Gasteiger partial charge in [0.05, 0.1) is 6.04 Å². The van der Waals surface area contributed by atoms with Crippen LogP contribution in [0, 0.1) is 10.8 Å². The highest BCUT2D eigenvalue weighted by molar-refractivity contribution is 7.87. The van der Waals surface area contributed by atoms with Crippen LogP contribution >= 0.6 is 0 Å². The smallest absolute Gasteiger partial charge is 0.315 e. The number of carbonyl (C=O) groups is 5. The Morgan fingerprint density at radius 1 is 0.978 bits per heavy atom. The van der Waals surface area contributed by atoms with E-state index in [2.05, 4.69) is 32.6 Å². The highest BCUT2D eigenvalue weighted by Crippen LogP contribution is 2.27. The van der Waals surface area contributed by atoms with E-state index in [9.17, 15) is 32.4 Å². The predicted molar refractivity (Wildman–Crippen MR) is 176 cm³/mol. The van der Waals surface area contributed by atoms with Gasteiger partial charge < -0.3 is 26.2 Å². The minimum absolute atomic E-state index is 0.0539. The fourth-order valence-corrected chi connectivity index (χ4v) is 6.70. The number of carbonyl (C=O) groups excluding carboxylic acids is 5. The molecule has 0 spiro atoms. The molecule has 0 saturated carbocycles. The molecule has 0 aromatic carbocycles. The highest BCUT2D eigenvalue weighted by atomic mass is 32.2. The Hall–Kier alpha value is -3.04. The van der Waals surface area contributed by atoms with Gasteiger partial charge in [0.2, 0.25) is 17.6 Å². The normalized spacial score (nSPS) is 20.6. The van der Waals surface area contributed by atoms with Crippen molar-refractivity contribution in [2.45, 2.75) is 111 Å². The number of nitrogens with one attached hydrogen (secondary N) is 5. The lowest BCUT2D eigenvalue weighted by Crippen LogP contribution is -2.62. The van der Waals surface area contributed by atoms with Gasteiger partial charge in [0.25, 0.3) is 16.1 Å². The number of likely N-dealkylation sites (tertiary alicyclic amines) is 1. The topological polar surface area (TPSA) is 186 Å². The van der Waals surface area contributed by atoms with Gasteiger partial charge in [0, 0.05) is 38.8 Å². The van der Waals surface area contributed by atoms with Crippen molar-refractivity contribution >= 4 is 39.7 Å². The minimum atomic E-state index is -3.66. The van der Waals surface area contributed by atoms with E-state index in [4.69, 9.17) is 0 Å². The minimum Gasteiger partial charge on any atom is -0.346 e. The number of urea groups is 1. The predicted octanol–water partition coefficient (Wildman–Crippen LogP) is 1.19. The molecule has 46 heavy (non-hydrogen) atoms. The van der Waals surface area contributed by atoms with E-state index >= 15 is 0 Å². The molecule has 2 saturated heterocycles. The highest BCUT2D eigenvalue weighted by Gasteiger charge is 2.43. The summed E-state index contributed by atoms with van der Waals surface area (Å²) in [6.07, 6.45) is 4.64. The van der Waals surface area contributed by atoms with E-state index < -0.39 is 74.7 Å². The summed E-state index contributed by atoms with van der Waals surface area (Å²) in [7, 11) is -3.66. The second-order valence-electron chi connectivity index (χ2n) is 14.2. The summed E-state index contributed by atoms with van der Waals surface area (Å²) in [4.78, 5) is 67.6. The SMILES string of the molecule is C=CCNC(=O)C(=O)C(CCCC)NC(=O)[C@@H]1CCCN1C(=O)[C@@H](NC(=O)N[C@H](CN1CCCNS1(=O)=O)C(C)(C)C)C(C)(C)C. The first-order chi connectivity index (χ1) is 21.3. The van der Waals surface area contributed by atoms with Crippen LogP contribution < -0.4 is 26.0 Å². The number of ketones is 1. The van der Waals surface area contributed by atoms with Crippen molar-refractivity contribution in [3.05, 3.63) is 12.7 Å². The number of Topliss-reactive ketones (excluding diaryl/α,β-unsaturated/α-hetero) is 1. The lowest BCUT2D eigenvalue weighted by molar-refractivity contribution is -0.143. The fraction of sp³-hybridized carbons (Fsp3) is 0.774. The third-order valence-corrected chi connectivity index (χ3v) is 9.86. The zero-order chi connectivity index (χ0) is 34.9. The number of amides is 5. The average Bonchev–Trinajstić information content (AvgIpc) is 3.45. The van der Waals surface area contributed by atoms with Gasteiger partial charge >= 0.3 is 6.03 Å². The van der Waals surface area contributed by atoms with E-state index in [1.165, 1.54) is 15.3 Å². The summed E-state index contributed by atoms with van der Waals surface area (Å²) in [5, 5.41) is 10.9. The Kier molecular flexibility index (Phi) is 14.2. The molecule has 2 rings (SSSR count). The number of rotatable bonds is 14. The lowest BCUT2D eigenvalue weighted by atomic mass is 9.85. The molecule has 5 amide bonds. The van der Waals surface area contributed by atoms with Gasteiger partial charge in [-0.2, -0.15) is 12.7 Å². The number of hydrogen-bond acceptors (Lipinski definition) is 7. The van der Waals surface area contributed by atoms with Crippen LogP contribution in [-0.4, -0.2) is 104 Å². The average molecular weight is 670 g/mol. The molecule has 1 unspecified atom stereocenters. The Morgan fingerprint density at radius 2 is 1.65 bits per heavy atom. The summed E-state index contributed by atoms with van der Waals surface area (Å²) in [5.41, 5.74) is -1.27. The van der Waals surface area contributed by atoms with Gasteiger partial charge in [-0.15, -0.1) is 6.58 Å². The van der Waals surface area contributed by atoms with E-state index in [0.717, 1.165) is 6.42 Å². The first-order valence-corrected chi connectivity index (χ1v) is 17.6. The van der Waals surface area contributed by atoms with Crippen molar-refractivity contribution in [3.8, 4) is 0 Å². The molecular weight excluding hydrogens is 614 g/mol. The molecule has 0 aromatic rings. The summed E-state index contributed by atoms with van der Waals surface area (Å²) in [6.45, 7) is 17.7. The standard InChI is InChI=1S/C31H55N7O7S/c1-9-11-14-21(24(39)27(41)32-16-10-2)34-26(40)22-15-12-19-38(22)28(42)25(31(6,7)8)36-29(43)35-23(30(3,4)5)20-37-18-13-17-33-46(37,44)45/h10,21-23,25,33H,2,9,11-20H2,1,3-8H3,(H,32,41)(H,34,40)(H2,35,36,43)/t21?,22-,23+,25+/m0/s1. The van der Waals surface area contributed by atoms with Crippen LogP contribution in [0.2, 0.25) is 0 Å². The van der Waals surface area contributed by atoms with Gasteiger partial charge in [0.15, 0.2) is 0 Å². The van der Waals surface area contributed by atoms with Crippen molar-refractivity contribution in [2.24, 2.45) is 10.8 Å². The molecule has 15 heteroatoms. The number of unbranched alkanes of at least 4 members (excludes halogenated alkanes) is 1. The molecule has 4 atom stereocenters. The van der Waals surface area contributed by atoms with Crippen LogP contribution in [-0.2, 0) is 29.4 Å². The zero-order valence-corrected chi connectivity index (χ0v) is 29.3. The monoisotopic (exact) mass is 669 g/mol. The second kappa shape index (κ2) is 16.7. The Bertz CT molecular complexity index is 1230. The molecule has 14 nitrogen and oxygen atoms in total. The quantitative estimate of drug-likeness (QED) is 0.136. The van der Waals surface area contributed by atoms with Crippen LogP contribution in [0.5, 0.6) is 0 Å². The second-order valence-corrected chi connectivity index (χ2v) is 16.0. The van der Waals surface area contributed by atoms with Crippen LogP contribution in [0.3, 0.4) is 0 Å². The molecular formula is C31H55N7O7S. The van der Waals surface area contributed by atoms with Crippen molar-refractivity contribution in [1.82, 2.24) is 35.2 Å².